The molecule has 0 radical (unpaired) electrons. The monoisotopic (exact) mass is 416 g/mol. The van der Waals surface area contributed by atoms with Gasteiger partial charge < -0.3 is 0 Å². The second kappa shape index (κ2) is 7.72. The smallest absolute Gasteiger partial charge is 0.160 e. The predicted octanol–water partition coefficient (Wildman–Crippen LogP) is 7.79. The van der Waals surface area contributed by atoms with E-state index in [1.54, 1.807) is 25.1 Å². The maximum atomic E-state index is 13.0. The lowest BCUT2D eigenvalue weighted by Gasteiger charge is -2.18. The first kappa shape index (κ1) is 20.3. The van der Waals surface area contributed by atoms with Gasteiger partial charge in [-0.15, -0.1) is 0 Å². The third-order valence-corrected chi connectivity index (χ3v) is 5.34. The zero-order chi connectivity index (χ0) is 18.8. The summed E-state index contributed by atoms with van der Waals surface area (Å²) in [4.78, 5) is -0.969. The van der Waals surface area contributed by atoms with Crippen molar-refractivity contribution in [2.75, 3.05) is 0 Å². The molecule has 0 aliphatic carbocycles. The van der Waals surface area contributed by atoms with Crippen LogP contribution in [0.15, 0.2) is 46.2 Å². The molecule has 0 saturated heterocycles. The van der Waals surface area contributed by atoms with Gasteiger partial charge in [-0.05, 0) is 58.8 Å². The van der Waals surface area contributed by atoms with E-state index in [1.807, 2.05) is 0 Å². The van der Waals surface area contributed by atoms with Crippen molar-refractivity contribution in [3.05, 3.63) is 47.0 Å². The van der Waals surface area contributed by atoms with Crippen molar-refractivity contribution in [2.45, 2.75) is 34.2 Å². The van der Waals surface area contributed by atoms with Crippen LogP contribution in [0.4, 0.5) is 26.3 Å². The Morgan fingerprint density at radius 2 is 1.40 bits per heavy atom. The molecule has 0 aromatic heterocycles. The summed E-state index contributed by atoms with van der Waals surface area (Å²) in [5.41, 5.74) is -8.35. The average molecular weight is 417 g/mol. The fourth-order valence-corrected chi connectivity index (χ4v) is 4.17. The molecule has 2 aromatic rings. The van der Waals surface area contributed by atoms with Gasteiger partial charge in [-0.25, -0.2) is 0 Å². The quantitative estimate of drug-likeness (QED) is 0.368. The summed E-state index contributed by atoms with van der Waals surface area (Å²) >= 11 is 4.99. The van der Waals surface area contributed by atoms with Crippen LogP contribution in [0.25, 0.3) is 11.1 Å². The highest BCUT2D eigenvalue weighted by Gasteiger charge is 2.36. The topological polar surface area (TPSA) is 0 Å². The van der Waals surface area contributed by atoms with Crippen LogP contribution >= 0.6 is 35.1 Å². The molecule has 0 N–H and O–H groups in total. The summed E-state index contributed by atoms with van der Waals surface area (Å²) < 4.78 is 77.1. The van der Waals surface area contributed by atoms with Crippen LogP contribution in [0.1, 0.15) is 12.5 Å². The Kier molecular flexibility index (Phi) is 6.27. The van der Waals surface area contributed by atoms with E-state index in [4.69, 9.17) is 11.6 Å². The highest BCUT2D eigenvalue weighted by Crippen LogP contribution is 2.50. The second-order valence-electron chi connectivity index (χ2n) is 4.85. The summed E-state index contributed by atoms with van der Waals surface area (Å²) in [6, 6.07) is 8.43. The molecule has 0 aliphatic heterocycles. The van der Waals surface area contributed by atoms with E-state index in [0.29, 0.717) is 22.6 Å². The van der Waals surface area contributed by atoms with E-state index in [1.165, 1.54) is 12.1 Å². The molecule has 0 heterocycles. The molecule has 0 amide bonds. The van der Waals surface area contributed by atoms with Crippen molar-refractivity contribution >= 4 is 35.1 Å². The van der Waals surface area contributed by atoms with Gasteiger partial charge in [0, 0.05) is 14.8 Å². The minimum absolute atomic E-state index is 0.0796. The first-order valence-corrected chi connectivity index (χ1v) is 8.95. The number of halogens is 7. The van der Waals surface area contributed by atoms with Gasteiger partial charge in [0.1, 0.15) is 0 Å². The molecule has 0 bridgehead atoms. The van der Waals surface area contributed by atoms with E-state index < -0.39 is 44.3 Å². The van der Waals surface area contributed by atoms with Crippen LogP contribution in [0, 0.1) is 0 Å². The lowest BCUT2D eigenvalue weighted by Crippen LogP contribution is -2.04. The zero-order valence-corrected chi connectivity index (χ0v) is 15.0. The Hall–Kier alpha value is -0.990. The lowest BCUT2D eigenvalue weighted by molar-refractivity contribution is -0.0346. The average Bonchev–Trinajstić information content (AvgIpc) is 2.46. The first-order chi connectivity index (χ1) is 11.5. The Morgan fingerprint density at radius 1 is 0.840 bits per heavy atom. The van der Waals surface area contributed by atoms with Gasteiger partial charge in [-0.3, -0.25) is 0 Å². The Labute approximate surface area is 153 Å². The number of hydrogen-bond acceptors (Lipinski definition) is 2. The molecule has 136 valence electrons. The van der Waals surface area contributed by atoms with E-state index in [2.05, 4.69) is 0 Å². The molecular formula is C16H11ClF6S2. The summed E-state index contributed by atoms with van der Waals surface area (Å²) in [7, 11) is 0. The van der Waals surface area contributed by atoms with Crippen LogP contribution in [-0.2, 0) is 6.42 Å². The summed E-state index contributed by atoms with van der Waals surface area (Å²) in [6.07, 6.45) is 0.432. The van der Waals surface area contributed by atoms with Gasteiger partial charge in [0.2, 0.25) is 0 Å². The zero-order valence-electron chi connectivity index (χ0n) is 12.6. The molecule has 0 saturated carbocycles. The Morgan fingerprint density at radius 3 is 1.96 bits per heavy atom. The molecule has 9 heteroatoms. The Balaban J connectivity index is 2.69. The lowest BCUT2D eigenvalue weighted by atomic mass is 9.98. The number of alkyl halides is 6. The molecule has 0 nitrogen and oxygen atoms in total. The van der Waals surface area contributed by atoms with Crippen LogP contribution in [-0.4, -0.2) is 11.0 Å². The van der Waals surface area contributed by atoms with Crippen molar-refractivity contribution in [1.82, 2.24) is 0 Å². The Bertz CT molecular complexity index is 755. The van der Waals surface area contributed by atoms with Crippen molar-refractivity contribution < 1.29 is 26.3 Å². The molecule has 0 spiro atoms. The summed E-state index contributed by atoms with van der Waals surface area (Å²) in [6.45, 7) is 1.77. The van der Waals surface area contributed by atoms with E-state index in [9.17, 15) is 26.3 Å². The predicted molar refractivity (Wildman–Crippen MR) is 90.1 cm³/mol. The number of benzene rings is 2. The largest absolute Gasteiger partial charge is 0.446 e. The third-order valence-electron chi connectivity index (χ3n) is 3.18. The fraction of sp³-hybridized carbons (Fsp3) is 0.250. The minimum atomic E-state index is -4.72. The van der Waals surface area contributed by atoms with Crippen molar-refractivity contribution in [3.63, 3.8) is 0 Å². The van der Waals surface area contributed by atoms with E-state index in [-0.39, 0.29) is 5.56 Å². The molecule has 0 unspecified atom stereocenters. The van der Waals surface area contributed by atoms with E-state index in [0.717, 1.165) is 6.07 Å². The molecule has 0 fully saturated rings. The number of rotatable bonds is 4. The molecule has 25 heavy (non-hydrogen) atoms. The highest BCUT2D eigenvalue weighted by molar-refractivity contribution is 8.03. The van der Waals surface area contributed by atoms with Gasteiger partial charge in [0.15, 0.2) is 0 Å². The normalized spacial score (nSPS) is 12.5. The SMILES string of the molecule is CCc1c(Cl)cccc1-c1cccc(SC(F)(F)F)c1SC(F)(F)F. The molecule has 0 aliphatic rings. The highest BCUT2D eigenvalue weighted by atomic mass is 35.5. The fourth-order valence-electron chi connectivity index (χ4n) is 2.32. The standard InChI is InChI=1S/C16H11ClF6S2/c1-2-9-10(5-3-7-12(9)17)11-6-4-8-13(24-15(18,19)20)14(11)25-16(21,22)23/h3-8H,2H2,1H3. The van der Waals surface area contributed by atoms with Crippen molar-refractivity contribution in [1.29, 1.82) is 0 Å². The van der Waals surface area contributed by atoms with Crippen LogP contribution < -0.4 is 0 Å². The molecule has 2 rings (SSSR count). The molecule has 0 atom stereocenters. The van der Waals surface area contributed by atoms with Crippen LogP contribution in [0.5, 0.6) is 0 Å². The molecule has 2 aromatic carbocycles. The van der Waals surface area contributed by atoms with Gasteiger partial charge in [0.25, 0.3) is 0 Å². The number of hydrogen-bond donors (Lipinski definition) is 0. The van der Waals surface area contributed by atoms with Gasteiger partial charge in [-0.2, -0.15) is 26.3 Å². The second-order valence-corrected chi connectivity index (χ2v) is 7.44. The maximum Gasteiger partial charge on any atom is 0.446 e. The summed E-state index contributed by atoms with van der Waals surface area (Å²) in [5.74, 6) is 0. The van der Waals surface area contributed by atoms with Crippen molar-refractivity contribution in [2.24, 2.45) is 0 Å². The van der Waals surface area contributed by atoms with Gasteiger partial charge in [0.05, 0.1) is 0 Å². The maximum absolute atomic E-state index is 13.0. The van der Waals surface area contributed by atoms with Gasteiger partial charge >= 0.3 is 11.0 Å². The number of thioether (sulfide) groups is 2. The minimum Gasteiger partial charge on any atom is -0.160 e. The van der Waals surface area contributed by atoms with Crippen LogP contribution in [0.2, 0.25) is 5.02 Å². The molecular weight excluding hydrogens is 406 g/mol. The third kappa shape index (κ3) is 5.49. The summed E-state index contributed by atoms with van der Waals surface area (Å²) in [5, 5.41) is 0.358. The van der Waals surface area contributed by atoms with Crippen LogP contribution in [0.3, 0.4) is 0 Å². The first-order valence-electron chi connectivity index (χ1n) is 6.94. The van der Waals surface area contributed by atoms with Gasteiger partial charge in [-0.1, -0.05) is 42.8 Å². The van der Waals surface area contributed by atoms with Crippen molar-refractivity contribution in [3.8, 4) is 11.1 Å². The van der Waals surface area contributed by atoms with E-state index >= 15 is 0 Å².